The molecule has 1 amide bonds. The number of rotatable bonds is 4. The number of benzene rings is 1. The number of hydrogen-bond donors (Lipinski definition) is 2. The van der Waals surface area contributed by atoms with E-state index in [0.29, 0.717) is 6.42 Å². The van der Waals surface area contributed by atoms with Crippen molar-refractivity contribution in [2.24, 2.45) is 5.73 Å². The Morgan fingerprint density at radius 3 is 2.94 bits per heavy atom. The van der Waals surface area contributed by atoms with Crippen molar-refractivity contribution in [3.8, 4) is 0 Å². The third-order valence-electron chi connectivity index (χ3n) is 2.20. The Morgan fingerprint density at radius 1 is 1.69 bits per heavy atom. The molecule has 1 rings (SSSR count). The van der Waals surface area contributed by atoms with Crippen molar-refractivity contribution in [2.45, 2.75) is 19.4 Å². The molecule has 1 aromatic carbocycles. The van der Waals surface area contributed by atoms with E-state index in [4.69, 9.17) is 5.73 Å². The molecule has 0 aliphatic carbocycles. The Labute approximate surface area is 104 Å². The van der Waals surface area contributed by atoms with Gasteiger partial charge in [0.05, 0.1) is 6.04 Å². The van der Waals surface area contributed by atoms with Crippen LogP contribution in [0.1, 0.15) is 12.0 Å². The third-order valence-corrected chi connectivity index (χ3v) is 3.05. The number of nitrogens with two attached hydrogens (primary N) is 1. The van der Waals surface area contributed by atoms with Crippen molar-refractivity contribution in [3.05, 3.63) is 40.9 Å². The lowest BCUT2D eigenvalue weighted by Crippen LogP contribution is -2.35. The number of hydrogen-bond acceptors (Lipinski definition) is 2. The first-order chi connectivity index (χ1) is 7.54. The molecule has 0 spiro atoms. The van der Waals surface area contributed by atoms with Crippen molar-refractivity contribution >= 4 is 27.5 Å². The molecule has 0 aliphatic rings. The first-order valence-corrected chi connectivity index (χ1v) is 5.77. The van der Waals surface area contributed by atoms with Crippen LogP contribution in [0, 0.1) is 6.92 Å². The Kier molecular flexibility index (Phi) is 4.71. The fourth-order valence-electron chi connectivity index (χ4n) is 1.19. The zero-order chi connectivity index (χ0) is 12.1. The minimum atomic E-state index is -0.544. The molecule has 0 aromatic heterocycles. The highest BCUT2D eigenvalue weighted by molar-refractivity contribution is 9.10. The second-order valence-electron chi connectivity index (χ2n) is 3.58. The van der Waals surface area contributed by atoms with Crippen LogP contribution in [0.15, 0.2) is 35.3 Å². The van der Waals surface area contributed by atoms with E-state index in [1.54, 1.807) is 6.08 Å². The van der Waals surface area contributed by atoms with Crippen molar-refractivity contribution < 1.29 is 4.79 Å². The summed E-state index contributed by atoms with van der Waals surface area (Å²) in [7, 11) is 0. The number of anilines is 1. The molecular weight excluding hydrogens is 268 g/mol. The second-order valence-corrected chi connectivity index (χ2v) is 4.44. The predicted octanol–water partition coefficient (Wildman–Crippen LogP) is 2.60. The maximum Gasteiger partial charge on any atom is 0.241 e. The van der Waals surface area contributed by atoms with Gasteiger partial charge in [-0.05, 0) is 31.0 Å². The van der Waals surface area contributed by atoms with Crippen molar-refractivity contribution in [3.63, 3.8) is 0 Å². The van der Waals surface area contributed by atoms with E-state index in [-0.39, 0.29) is 5.91 Å². The zero-order valence-corrected chi connectivity index (χ0v) is 10.8. The van der Waals surface area contributed by atoms with Gasteiger partial charge in [-0.15, -0.1) is 6.58 Å². The maximum absolute atomic E-state index is 11.6. The van der Waals surface area contributed by atoms with Crippen LogP contribution in [0.25, 0.3) is 0 Å². The van der Waals surface area contributed by atoms with Crippen LogP contribution in [0.4, 0.5) is 5.69 Å². The van der Waals surface area contributed by atoms with Crippen LogP contribution in [0.5, 0.6) is 0 Å². The van der Waals surface area contributed by atoms with E-state index in [0.717, 1.165) is 15.7 Å². The Bertz CT molecular complexity index is 404. The first kappa shape index (κ1) is 12.9. The fraction of sp³-hybridized carbons (Fsp3) is 0.250. The molecule has 0 bridgehead atoms. The maximum atomic E-state index is 11.6. The van der Waals surface area contributed by atoms with Gasteiger partial charge in [-0.25, -0.2) is 0 Å². The zero-order valence-electron chi connectivity index (χ0n) is 9.16. The van der Waals surface area contributed by atoms with E-state index >= 15 is 0 Å². The number of carbonyl (C=O) groups excluding carboxylic acids is 1. The molecule has 4 heteroatoms. The van der Waals surface area contributed by atoms with Gasteiger partial charge in [0, 0.05) is 10.2 Å². The lowest BCUT2D eigenvalue weighted by Gasteiger charge is -2.11. The molecule has 1 unspecified atom stereocenters. The summed E-state index contributed by atoms with van der Waals surface area (Å²) in [6.45, 7) is 5.53. The average Bonchev–Trinajstić information content (AvgIpc) is 2.24. The summed E-state index contributed by atoms with van der Waals surface area (Å²) >= 11 is 3.41. The summed E-state index contributed by atoms with van der Waals surface area (Å²) in [5.41, 5.74) is 7.51. The van der Waals surface area contributed by atoms with Crippen molar-refractivity contribution in [2.75, 3.05) is 5.32 Å². The minimum Gasteiger partial charge on any atom is -0.325 e. The second kappa shape index (κ2) is 5.82. The van der Waals surface area contributed by atoms with Crippen LogP contribution >= 0.6 is 15.9 Å². The van der Waals surface area contributed by atoms with Crippen LogP contribution in [0.2, 0.25) is 0 Å². The summed E-state index contributed by atoms with van der Waals surface area (Å²) in [6, 6.07) is 5.09. The number of aryl methyl sites for hydroxylation is 1. The largest absolute Gasteiger partial charge is 0.325 e. The molecule has 3 N–H and O–H groups in total. The lowest BCUT2D eigenvalue weighted by atomic mass is 10.2. The summed E-state index contributed by atoms with van der Waals surface area (Å²) in [4.78, 5) is 11.6. The van der Waals surface area contributed by atoms with E-state index in [9.17, 15) is 4.79 Å². The van der Waals surface area contributed by atoms with Gasteiger partial charge in [0.15, 0.2) is 0 Å². The lowest BCUT2D eigenvalue weighted by molar-refractivity contribution is -0.117. The van der Waals surface area contributed by atoms with Crippen molar-refractivity contribution in [1.29, 1.82) is 0 Å². The van der Waals surface area contributed by atoms with E-state index < -0.39 is 6.04 Å². The molecule has 0 aliphatic heterocycles. The monoisotopic (exact) mass is 282 g/mol. The van der Waals surface area contributed by atoms with Gasteiger partial charge in [0.2, 0.25) is 5.91 Å². The van der Waals surface area contributed by atoms with Crippen molar-refractivity contribution in [1.82, 2.24) is 0 Å². The molecule has 0 saturated carbocycles. The summed E-state index contributed by atoms with van der Waals surface area (Å²) in [5.74, 6) is -0.198. The van der Waals surface area contributed by atoms with Gasteiger partial charge in [-0.2, -0.15) is 0 Å². The highest BCUT2D eigenvalue weighted by Gasteiger charge is 2.11. The van der Waals surface area contributed by atoms with E-state index in [1.165, 1.54) is 0 Å². The van der Waals surface area contributed by atoms with E-state index in [2.05, 4.69) is 27.8 Å². The predicted molar refractivity (Wildman–Crippen MR) is 70.3 cm³/mol. The molecule has 0 radical (unpaired) electrons. The van der Waals surface area contributed by atoms with Crippen LogP contribution in [0.3, 0.4) is 0 Å². The third kappa shape index (κ3) is 3.47. The Balaban J connectivity index is 2.69. The van der Waals surface area contributed by atoms with Crippen LogP contribution in [-0.4, -0.2) is 11.9 Å². The molecule has 16 heavy (non-hydrogen) atoms. The standard InChI is InChI=1S/C12H15BrN2O/c1-3-4-11(14)12(16)15-9-6-5-8(2)10(13)7-9/h3,5-7,11H,1,4,14H2,2H3,(H,15,16). The van der Waals surface area contributed by atoms with Gasteiger partial charge in [0.1, 0.15) is 0 Å². The SMILES string of the molecule is C=CCC(N)C(=O)Nc1ccc(C)c(Br)c1. The number of amides is 1. The number of halogens is 1. The molecular formula is C12H15BrN2O. The number of nitrogens with one attached hydrogen (secondary N) is 1. The topological polar surface area (TPSA) is 55.1 Å². The molecule has 0 heterocycles. The van der Waals surface area contributed by atoms with Gasteiger partial charge in [0.25, 0.3) is 0 Å². The van der Waals surface area contributed by atoms with Crippen LogP contribution in [-0.2, 0) is 4.79 Å². The molecule has 1 aromatic rings. The van der Waals surface area contributed by atoms with E-state index in [1.807, 2.05) is 25.1 Å². The first-order valence-electron chi connectivity index (χ1n) is 4.98. The molecule has 1 atom stereocenters. The molecule has 0 fully saturated rings. The highest BCUT2D eigenvalue weighted by Crippen LogP contribution is 2.20. The Morgan fingerprint density at radius 2 is 2.38 bits per heavy atom. The summed E-state index contributed by atoms with van der Waals surface area (Å²) in [6.07, 6.45) is 2.11. The number of carbonyl (C=O) groups is 1. The van der Waals surface area contributed by atoms with Gasteiger partial charge < -0.3 is 11.1 Å². The minimum absolute atomic E-state index is 0.198. The molecule has 3 nitrogen and oxygen atoms in total. The fourth-order valence-corrected chi connectivity index (χ4v) is 1.57. The van der Waals surface area contributed by atoms with Gasteiger partial charge in [-0.1, -0.05) is 28.1 Å². The molecule has 0 saturated heterocycles. The average molecular weight is 283 g/mol. The van der Waals surface area contributed by atoms with Gasteiger partial charge in [-0.3, -0.25) is 4.79 Å². The quantitative estimate of drug-likeness (QED) is 0.834. The normalized spacial score (nSPS) is 11.9. The summed E-state index contributed by atoms with van der Waals surface area (Å²) < 4.78 is 0.961. The highest BCUT2D eigenvalue weighted by atomic mass is 79.9. The van der Waals surface area contributed by atoms with Crippen LogP contribution < -0.4 is 11.1 Å². The smallest absolute Gasteiger partial charge is 0.241 e. The summed E-state index contributed by atoms with van der Waals surface area (Å²) in [5, 5.41) is 2.75. The molecule has 86 valence electrons. The Hall–Kier alpha value is -1.13. The van der Waals surface area contributed by atoms with Gasteiger partial charge >= 0.3 is 0 Å².